The lowest BCUT2D eigenvalue weighted by atomic mass is 9.79. The largest absolute Gasteiger partial charge is 0.481 e. The number of amides is 1. The van der Waals surface area contributed by atoms with Crippen LogP contribution in [0.5, 0.6) is 5.75 Å². The van der Waals surface area contributed by atoms with E-state index in [-0.39, 0.29) is 17.9 Å². The Bertz CT molecular complexity index is 757. The number of fused-ring (bicyclic) bond motifs is 1. The predicted molar refractivity (Wildman–Crippen MR) is 102 cm³/mol. The number of aromatic nitrogens is 1. The van der Waals surface area contributed by atoms with Gasteiger partial charge in [-0.1, -0.05) is 11.6 Å². The molecule has 0 aliphatic carbocycles. The molecule has 1 aromatic heterocycles. The summed E-state index contributed by atoms with van der Waals surface area (Å²) in [5.41, 5.74) is 0.645. The molecule has 0 saturated carbocycles. The number of halogens is 1. The SMILES string of the molecule is COCC1(CNC(=O)COc2ccc(Cl)c3cccnc23)CCNCC1. The van der Waals surface area contributed by atoms with Crippen LogP contribution in [0.1, 0.15) is 12.8 Å². The first-order valence-corrected chi connectivity index (χ1v) is 9.14. The number of ether oxygens (including phenoxy) is 2. The number of piperidine rings is 1. The van der Waals surface area contributed by atoms with Gasteiger partial charge in [-0.25, -0.2) is 0 Å². The van der Waals surface area contributed by atoms with Gasteiger partial charge in [0, 0.05) is 30.7 Å². The number of rotatable bonds is 7. The molecule has 1 fully saturated rings. The zero-order valence-electron chi connectivity index (χ0n) is 14.9. The lowest BCUT2D eigenvalue weighted by Crippen LogP contribution is -2.47. The Balaban J connectivity index is 1.58. The van der Waals surface area contributed by atoms with Crippen LogP contribution in [-0.4, -0.2) is 50.8 Å². The zero-order valence-corrected chi connectivity index (χ0v) is 15.6. The second kappa shape index (κ2) is 8.66. The maximum Gasteiger partial charge on any atom is 0.257 e. The summed E-state index contributed by atoms with van der Waals surface area (Å²) in [6.45, 7) is 3.05. The van der Waals surface area contributed by atoms with E-state index in [9.17, 15) is 4.79 Å². The van der Waals surface area contributed by atoms with Gasteiger partial charge in [0.05, 0.1) is 11.6 Å². The van der Waals surface area contributed by atoms with Gasteiger partial charge in [0.25, 0.3) is 5.91 Å². The van der Waals surface area contributed by atoms with Crippen molar-refractivity contribution in [2.75, 3.05) is 40.0 Å². The zero-order chi connectivity index (χ0) is 18.4. The van der Waals surface area contributed by atoms with E-state index in [2.05, 4.69) is 15.6 Å². The van der Waals surface area contributed by atoms with Gasteiger partial charge in [-0.15, -0.1) is 0 Å². The second-order valence-corrected chi connectivity index (χ2v) is 7.10. The summed E-state index contributed by atoms with van der Waals surface area (Å²) in [5.74, 6) is 0.395. The highest BCUT2D eigenvalue weighted by Crippen LogP contribution is 2.30. The molecule has 7 heteroatoms. The van der Waals surface area contributed by atoms with Gasteiger partial charge in [0.15, 0.2) is 6.61 Å². The molecule has 2 aromatic rings. The number of hydrogen-bond donors (Lipinski definition) is 2. The van der Waals surface area contributed by atoms with Gasteiger partial charge in [0.2, 0.25) is 0 Å². The second-order valence-electron chi connectivity index (χ2n) is 6.69. The van der Waals surface area contributed by atoms with Crippen molar-refractivity contribution in [2.45, 2.75) is 12.8 Å². The van der Waals surface area contributed by atoms with Crippen LogP contribution in [0.3, 0.4) is 0 Å². The van der Waals surface area contributed by atoms with E-state index in [4.69, 9.17) is 21.1 Å². The van der Waals surface area contributed by atoms with E-state index in [0.29, 0.717) is 29.4 Å². The van der Waals surface area contributed by atoms with Crippen molar-refractivity contribution in [1.82, 2.24) is 15.6 Å². The van der Waals surface area contributed by atoms with Crippen LogP contribution < -0.4 is 15.4 Å². The van der Waals surface area contributed by atoms with Crippen LogP contribution in [0.25, 0.3) is 10.9 Å². The Morgan fingerprint density at radius 1 is 1.35 bits per heavy atom. The van der Waals surface area contributed by atoms with Crippen molar-refractivity contribution in [3.05, 3.63) is 35.5 Å². The third-order valence-electron chi connectivity index (χ3n) is 4.81. The molecular formula is C19H24ClN3O3. The highest BCUT2D eigenvalue weighted by molar-refractivity contribution is 6.35. The fraction of sp³-hybridized carbons (Fsp3) is 0.474. The first-order valence-electron chi connectivity index (χ1n) is 8.76. The number of carbonyl (C=O) groups is 1. The van der Waals surface area contributed by atoms with Gasteiger partial charge < -0.3 is 20.1 Å². The van der Waals surface area contributed by atoms with Gasteiger partial charge in [-0.2, -0.15) is 0 Å². The van der Waals surface area contributed by atoms with Gasteiger partial charge >= 0.3 is 0 Å². The summed E-state index contributed by atoms with van der Waals surface area (Å²) in [5, 5.41) is 7.75. The van der Waals surface area contributed by atoms with Crippen molar-refractivity contribution in [3.8, 4) is 5.75 Å². The first-order chi connectivity index (χ1) is 12.6. The predicted octanol–water partition coefficient (Wildman–Crippen LogP) is 2.40. The molecule has 1 saturated heterocycles. The van der Waals surface area contributed by atoms with Gasteiger partial charge in [-0.3, -0.25) is 9.78 Å². The molecule has 1 aliphatic heterocycles. The molecule has 1 aliphatic rings. The van der Waals surface area contributed by atoms with E-state index in [1.807, 2.05) is 12.1 Å². The number of benzene rings is 1. The number of methoxy groups -OCH3 is 1. The van der Waals surface area contributed by atoms with Crippen molar-refractivity contribution >= 4 is 28.4 Å². The molecule has 0 radical (unpaired) electrons. The van der Waals surface area contributed by atoms with Crippen LogP contribution in [0, 0.1) is 5.41 Å². The summed E-state index contributed by atoms with van der Waals surface area (Å²) in [7, 11) is 1.70. The van der Waals surface area contributed by atoms with Crippen LogP contribution in [0.4, 0.5) is 0 Å². The third kappa shape index (κ3) is 4.44. The van der Waals surface area contributed by atoms with Crippen LogP contribution in [0.2, 0.25) is 5.02 Å². The Hall–Kier alpha value is -1.89. The summed E-state index contributed by atoms with van der Waals surface area (Å²) >= 11 is 6.18. The highest BCUT2D eigenvalue weighted by Gasteiger charge is 2.32. The van der Waals surface area contributed by atoms with Gasteiger partial charge in [-0.05, 0) is 50.2 Å². The number of pyridine rings is 1. The first kappa shape index (κ1) is 18.9. The lowest BCUT2D eigenvalue weighted by molar-refractivity contribution is -0.124. The van der Waals surface area contributed by atoms with E-state index in [1.54, 1.807) is 25.4 Å². The molecule has 0 unspecified atom stereocenters. The number of carbonyl (C=O) groups excluding carboxylic acids is 1. The molecular weight excluding hydrogens is 354 g/mol. The number of nitrogens with one attached hydrogen (secondary N) is 2. The molecule has 0 atom stereocenters. The molecule has 1 amide bonds. The number of hydrogen-bond acceptors (Lipinski definition) is 5. The molecule has 1 aromatic carbocycles. The average Bonchev–Trinajstić information content (AvgIpc) is 2.67. The third-order valence-corrected chi connectivity index (χ3v) is 5.14. The minimum atomic E-state index is -0.155. The average molecular weight is 378 g/mol. The molecule has 26 heavy (non-hydrogen) atoms. The maximum absolute atomic E-state index is 12.3. The van der Waals surface area contributed by atoms with E-state index in [1.165, 1.54) is 0 Å². The molecule has 2 heterocycles. The molecule has 0 bridgehead atoms. The van der Waals surface area contributed by atoms with E-state index >= 15 is 0 Å². The van der Waals surface area contributed by atoms with Crippen molar-refractivity contribution in [1.29, 1.82) is 0 Å². The van der Waals surface area contributed by atoms with Crippen molar-refractivity contribution < 1.29 is 14.3 Å². The van der Waals surface area contributed by atoms with Crippen LogP contribution in [-0.2, 0) is 9.53 Å². The lowest BCUT2D eigenvalue weighted by Gasteiger charge is -2.37. The smallest absolute Gasteiger partial charge is 0.257 e. The Kier molecular flexibility index (Phi) is 6.29. The summed E-state index contributed by atoms with van der Waals surface area (Å²) < 4.78 is 11.1. The summed E-state index contributed by atoms with van der Waals surface area (Å²) in [6, 6.07) is 7.19. The van der Waals surface area contributed by atoms with Crippen LogP contribution >= 0.6 is 11.6 Å². The van der Waals surface area contributed by atoms with Crippen LogP contribution in [0.15, 0.2) is 30.5 Å². The quantitative estimate of drug-likeness (QED) is 0.775. The minimum absolute atomic E-state index is 0.00974. The Morgan fingerprint density at radius 2 is 2.15 bits per heavy atom. The minimum Gasteiger partial charge on any atom is -0.481 e. The monoisotopic (exact) mass is 377 g/mol. The standard InChI is InChI=1S/C19H24ClN3O3/c1-25-13-19(6-9-21-10-7-19)12-23-17(24)11-26-16-5-4-15(20)14-3-2-8-22-18(14)16/h2-5,8,21H,6-7,9-13H2,1H3,(H,23,24). The van der Waals surface area contributed by atoms with Crippen molar-refractivity contribution in [2.24, 2.45) is 5.41 Å². The van der Waals surface area contributed by atoms with Gasteiger partial charge in [0.1, 0.15) is 11.3 Å². The van der Waals surface area contributed by atoms with E-state index in [0.717, 1.165) is 31.3 Å². The topological polar surface area (TPSA) is 72.5 Å². The molecule has 2 N–H and O–H groups in total. The Morgan fingerprint density at radius 3 is 2.92 bits per heavy atom. The molecule has 3 rings (SSSR count). The van der Waals surface area contributed by atoms with E-state index < -0.39 is 0 Å². The molecule has 0 spiro atoms. The molecule has 6 nitrogen and oxygen atoms in total. The normalized spacial score (nSPS) is 16.4. The summed E-state index contributed by atoms with van der Waals surface area (Å²) in [6.07, 6.45) is 3.64. The maximum atomic E-state index is 12.3. The van der Waals surface area contributed by atoms with Crippen molar-refractivity contribution in [3.63, 3.8) is 0 Å². The highest BCUT2D eigenvalue weighted by atomic mass is 35.5. The fourth-order valence-corrected chi connectivity index (χ4v) is 3.56. The Labute approximate surface area is 158 Å². The molecule has 140 valence electrons. The summed E-state index contributed by atoms with van der Waals surface area (Å²) in [4.78, 5) is 16.6. The number of nitrogens with zero attached hydrogens (tertiary/aromatic N) is 1. The fourth-order valence-electron chi connectivity index (χ4n) is 3.34.